The van der Waals surface area contributed by atoms with Crippen molar-refractivity contribution < 1.29 is 19.1 Å². The van der Waals surface area contributed by atoms with E-state index in [-0.39, 0.29) is 18.4 Å². The first-order valence-electron chi connectivity index (χ1n) is 9.54. The zero-order chi connectivity index (χ0) is 22.0. The molecule has 1 aliphatic heterocycles. The van der Waals surface area contributed by atoms with Crippen LogP contribution in [0.1, 0.15) is 11.6 Å². The molecule has 0 N–H and O–H groups in total. The molecule has 2 amide bonds. The van der Waals surface area contributed by atoms with Crippen LogP contribution in [-0.4, -0.2) is 37.6 Å². The van der Waals surface area contributed by atoms with E-state index in [0.29, 0.717) is 33.5 Å². The molecule has 1 unspecified atom stereocenters. The number of ether oxygens (including phenoxy) is 2. The van der Waals surface area contributed by atoms with Gasteiger partial charge in [0.2, 0.25) is 5.91 Å². The van der Waals surface area contributed by atoms with E-state index < -0.39 is 6.04 Å². The number of hydrogen-bond acceptors (Lipinski definition) is 5. The lowest BCUT2D eigenvalue weighted by atomic mass is 10.0. The Morgan fingerprint density at radius 3 is 2.45 bits per heavy atom. The van der Waals surface area contributed by atoms with Gasteiger partial charge in [0.15, 0.2) is 0 Å². The Kier molecular flexibility index (Phi) is 5.77. The highest BCUT2D eigenvalue weighted by Gasteiger charge is 2.42. The quantitative estimate of drug-likeness (QED) is 0.605. The molecule has 0 saturated carbocycles. The summed E-state index contributed by atoms with van der Waals surface area (Å²) in [5, 5.41) is 0.544. The van der Waals surface area contributed by atoms with Gasteiger partial charge in [-0.2, -0.15) is 0 Å². The van der Waals surface area contributed by atoms with E-state index in [1.165, 1.54) is 16.9 Å². The Balaban J connectivity index is 1.81. The predicted molar refractivity (Wildman–Crippen MR) is 118 cm³/mol. The van der Waals surface area contributed by atoms with Gasteiger partial charge < -0.3 is 9.47 Å². The molecule has 0 aliphatic carbocycles. The first-order valence-corrected chi connectivity index (χ1v) is 9.92. The molecule has 1 atom stereocenters. The fourth-order valence-corrected chi connectivity index (χ4v) is 3.75. The van der Waals surface area contributed by atoms with E-state index in [9.17, 15) is 9.59 Å². The zero-order valence-corrected chi connectivity index (χ0v) is 17.7. The lowest BCUT2D eigenvalue weighted by Crippen LogP contribution is -2.56. The second-order valence-corrected chi connectivity index (χ2v) is 7.33. The molecule has 4 rings (SSSR count). The summed E-state index contributed by atoms with van der Waals surface area (Å²) < 4.78 is 10.7. The van der Waals surface area contributed by atoms with Crippen molar-refractivity contribution in [1.29, 1.82) is 0 Å². The van der Waals surface area contributed by atoms with Gasteiger partial charge in [-0.15, -0.1) is 0 Å². The van der Waals surface area contributed by atoms with Crippen LogP contribution >= 0.6 is 11.6 Å². The molecule has 0 bridgehead atoms. The maximum absolute atomic E-state index is 13.7. The highest BCUT2D eigenvalue weighted by atomic mass is 35.5. The van der Waals surface area contributed by atoms with E-state index >= 15 is 0 Å². The molecule has 1 aliphatic rings. The fraction of sp³-hybridized carbons (Fsp3) is 0.174. The second kappa shape index (κ2) is 8.65. The third-order valence-electron chi connectivity index (χ3n) is 5.10. The number of methoxy groups -OCH3 is 2. The number of nitrogens with zero attached hydrogens (tertiary/aromatic N) is 3. The fourth-order valence-electron chi connectivity index (χ4n) is 3.63. The molecule has 1 fully saturated rings. The van der Waals surface area contributed by atoms with Crippen molar-refractivity contribution in [3.05, 3.63) is 77.6 Å². The minimum Gasteiger partial charge on any atom is -0.497 e. The average molecular weight is 438 g/mol. The van der Waals surface area contributed by atoms with Crippen LogP contribution in [0.4, 0.5) is 11.4 Å². The van der Waals surface area contributed by atoms with E-state index in [1.807, 2.05) is 0 Å². The van der Waals surface area contributed by atoms with Crippen LogP contribution < -0.4 is 19.3 Å². The van der Waals surface area contributed by atoms with Crippen LogP contribution in [0.25, 0.3) is 0 Å². The number of anilines is 2. The molecule has 0 radical (unpaired) electrons. The van der Waals surface area contributed by atoms with Crippen molar-refractivity contribution in [1.82, 2.24) is 4.98 Å². The third-order valence-corrected chi connectivity index (χ3v) is 5.35. The summed E-state index contributed by atoms with van der Waals surface area (Å²) in [6.07, 6.45) is 3.21. The van der Waals surface area contributed by atoms with E-state index in [0.717, 1.165) is 0 Å². The number of carbonyl (C=O) groups is 2. The number of hydrogen-bond donors (Lipinski definition) is 0. The van der Waals surface area contributed by atoms with Crippen LogP contribution in [-0.2, 0) is 9.59 Å². The molecule has 0 spiro atoms. The molecule has 7 nitrogen and oxygen atoms in total. The van der Waals surface area contributed by atoms with Gasteiger partial charge in [0.25, 0.3) is 5.91 Å². The maximum Gasteiger partial charge on any atom is 0.255 e. The van der Waals surface area contributed by atoms with Crippen molar-refractivity contribution in [3.63, 3.8) is 0 Å². The molecule has 8 heteroatoms. The minimum atomic E-state index is -0.886. The number of piperazine rings is 1. The highest BCUT2D eigenvalue weighted by Crippen LogP contribution is 2.38. The number of rotatable bonds is 5. The molecular weight excluding hydrogens is 418 g/mol. The smallest absolute Gasteiger partial charge is 0.255 e. The van der Waals surface area contributed by atoms with E-state index in [2.05, 4.69) is 4.98 Å². The Bertz CT molecular complexity index is 1110. The monoisotopic (exact) mass is 437 g/mol. The standard InChI is InChI=1S/C23H20ClN3O4/c1-30-18-9-10-19(20(12-18)31-2)26-14-21(28)27(17-7-5-16(24)6-8-17)22(23(26)29)15-4-3-11-25-13-15/h3-13,22H,14H2,1-2H3. The SMILES string of the molecule is COc1ccc(N2CC(=O)N(c3ccc(Cl)cc3)C(c3cccnc3)C2=O)c(OC)c1. The largest absolute Gasteiger partial charge is 0.497 e. The van der Waals surface area contributed by atoms with Gasteiger partial charge in [0.1, 0.15) is 24.1 Å². The number of amides is 2. The summed E-state index contributed by atoms with van der Waals surface area (Å²) in [4.78, 5) is 34.1. The van der Waals surface area contributed by atoms with E-state index in [4.69, 9.17) is 21.1 Å². The van der Waals surface area contributed by atoms with Crippen LogP contribution in [0.15, 0.2) is 67.0 Å². The molecule has 31 heavy (non-hydrogen) atoms. The highest BCUT2D eigenvalue weighted by molar-refractivity contribution is 6.30. The van der Waals surface area contributed by atoms with Gasteiger partial charge >= 0.3 is 0 Å². The van der Waals surface area contributed by atoms with Crippen LogP contribution in [0.5, 0.6) is 11.5 Å². The topological polar surface area (TPSA) is 72.0 Å². The minimum absolute atomic E-state index is 0.138. The molecule has 2 aromatic carbocycles. The summed E-state index contributed by atoms with van der Waals surface area (Å²) >= 11 is 6.02. The van der Waals surface area contributed by atoms with Crippen molar-refractivity contribution in [2.24, 2.45) is 0 Å². The van der Waals surface area contributed by atoms with E-state index in [1.54, 1.807) is 74.1 Å². The summed E-state index contributed by atoms with van der Waals surface area (Å²) in [5.41, 5.74) is 1.68. The Morgan fingerprint density at radius 1 is 1.03 bits per heavy atom. The van der Waals surface area contributed by atoms with Crippen LogP contribution in [0.3, 0.4) is 0 Å². The van der Waals surface area contributed by atoms with Gasteiger partial charge in [-0.1, -0.05) is 17.7 Å². The third kappa shape index (κ3) is 3.92. The van der Waals surface area contributed by atoms with Crippen molar-refractivity contribution >= 4 is 34.8 Å². The van der Waals surface area contributed by atoms with Crippen molar-refractivity contribution in [2.75, 3.05) is 30.6 Å². The Hall–Kier alpha value is -3.58. The second-order valence-electron chi connectivity index (χ2n) is 6.89. The number of halogens is 1. The predicted octanol–water partition coefficient (Wildman–Crippen LogP) is 3.87. The molecule has 1 aromatic heterocycles. The van der Waals surface area contributed by atoms with Crippen LogP contribution in [0, 0.1) is 0 Å². The maximum atomic E-state index is 13.7. The van der Waals surface area contributed by atoms with Crippen molar-refractivity contribution in [2.45, 2.75) is 6.04 Å². The summed E-state index contributed by atoms with van der Waals surface area (Å²) in [6, 6.07) is 14.6. The van der Waals surface area contributed by atoms with Gasteiger partial charge in [-0.25, -0.2) is 0 Å². The molecular formula is C23H20ClN3O4. The first-order chi connectivity index (χ1) is 15.0. The Labute approximate surface area is 184 Å². The molecule has 1 saturated heterocycles. The van der Waals surface area contributed by atoms with Gasteiger partial charge in [-0.3, -0.25) is 24.4 Å². The Morgan fingerprint density at radius 2 is 1.81 bits per heavy atom. The zero-order valence-electron chi connectivity index (χ0n) is 17.0. The molecule has 2 heterocycles. The number of pyridine rings is 1. The van der Waals surface area contributed by atoms with Gasteiger partial charge in [-0.05, 0) is 42.5 Å². The number of carbonyl (C=O) groups excluding carboxylic acids is 2. The number of benzene rings is 2. The van der Waals surface area contributed by atoms with Gasteiger partial charge in [0, 0.05) is 34.7 Å². The lowest BCUT2D eigenvalue weighted by Gasteiger charge is -2.40. The van der Waals surface area contributed by atoms with Crippen molar-refractivity contribution in [3.8, 4) is 11.5 Å². The molecule has 3 aromatic rings. The summed E-state index contributed by atoms with van der Waals surface area (Å²) in [6.45, 7) is -0.138. The number of aromatic nitrogens is 1. The first kappa shape index (κ1) is 20.7. The summed E-state index contributed by atoms with van der Waals surface area (Å²) in [7, 11) is 3.06. The average Bonchev–Trinajstić information content (AvgIpc) is 2.81. The van der Waals surface area contributed by atoms with Crippen LogP contribution in [0.2, 0.25) is 5.02 Å². The lowest BCUT2D eigenvalue weighted by molar-refractivity contribution is -0.128. The summed E-state index contributed by atoms with van der Waals surface area (Å²) in [5.74, 6) is 0.507. The molecule has 158 valence electrons. The van der Waals surface area contributed by atoms with Gasteiger partial charge in [0.05, 0.1) is 19.9 Å². The normalized spacial score (nSPS) is 16.4.